The predicted molar refractivity (Wildman–Crippen MR) is 131 cm³/mol. The van der Waals surface area contributed by atoms with E-state index in [-0.39, 0.29) is 17.7 Å². The molecule has 174 valence electrons. The van der Waals surface area contributed by atoms with Gasteiger partial charge in [-0.05, 0) is 45.0 Å². The average molecular weight is 478 g/mol. The van der Waals surface area contributed by atoms with E-state index in [0.29, 0.717) is 21.8 Å². The van der Waals surface area contributed by atoms with Gasteiger partial charge < -0.3 is 14.8 Å². The lowest BCUT2D eigenvalue weighted by Crippen LogP contribution is -2.31. The predicted octanol–water partition coefficient (Wildman–Crippen LogP) is 4.34. The summed E-state index contributed by atoms with van der Waals surface area (Å²) in [5, 5.41) is 9.51. The van der Waals surface area contributed by atoms with Crippen LogP contribution in [0.4, 0.5) is 5.00 Å². The van der Waals surface area contributed by atoms with Crippen LogP contribution in [0.1, 0.15) is 29.9 Å². The summed E-state index contributed by atoms with van der Waals surface area (Å²) in [5.74, 6) is -0.523. The number of rotatable bonds is 7. The molecule has 2 aromatic heterocycles. The van der Waals surface area contributed by atoms with E-state index in [2.05, 4.69) is 10.4 Å². The van der Waals surface area contributed by atoms with E-state index in [1.165, 1.54) is 0 Å². The number of hydrogen-bond acceptors (Lipinski definition) is 7. The monoisotopic (exact) mass is 477 g/mol. The van der Waals surface area contributed by atoms with E-state index >= 15 is 0 Å². The molecule has 9 heteroatoms. The van der Waals surface area contributed by atoms with E-state index in [9.17, 15) is 14.4 Å². The Morgan fingerprint density at radius 3 is 2.50 bits per heavy atom. The summed E-state index contributed by atoms with van der Waals surface area (Å²) in [5.41, 5.74) is 1.05. The number of carbonyl (C=O) groups is 2. The van der Waals surface area contributed by atoms with Crippen LogP contribution >= 0.6 is 11.3 Å². The highest BCUT2D eigenvalue weighted by Crippen LogP contribution is 2.31. The van der Waals surface area contributed by atoms with E-state index in [0.717, 1.165) is 21.6 Å². The molecule has 2 heterocycles. The van der Waals surface area contributed by atoms with Gasteiger partial charge in [0.05, 0.1) is 17.7 Å². The van der Waals surface area contributed by atoms with Crippen molar-refractivity contribution >= 4 is 39.0 Å². The second kappa shape index (κ2) is 9.88. The van der Waals surface area contributed by atoms with Crippen molar-refractivity contribution in [3.63, 3.8) is 0 Å². The molecule has 1 amide bonds. The molecule has 0 aliphatic heterocycles. The zero-order valence-electron chi connectivity index (χ0n) is 18.9. The van der Waals surface area contributed by atoms with Gasteiger partial charge in [0.25, 0.3) is 11.5 Å². The summed E-state index contributed by atoms with van der Waals surface area (Å²) in [6.45, 7) is 5.40. The highest BCUT2D eigenvalue weighted by atomic mass is 32.1. The van der Waals surface area contributed by atoms with Crippen LogP contribution in [0, 0.1) is 6.92 Å². The van der Waals surface area contributed by atoms with Crippen molar-refractivity contribution in [2.24, 2.45) is 0 Å². The number of benzene rings is 2. The molecule has 4 rings (SSSR count). The maximum absolute atomic E-state index is 13.4. The molecule has 1 N–H and O–H groups in total. The minimum atomic E-state index is -0.815. The number of fused-ring (bicyclic) bond motifs is 1. The Hall–Kier alpha value is -3.98. The van der Waals surface area contributed by atoms with Gasteiger partial charge in [-0.1, -0.05) is 35.9 Å². The summed E-state index contributed by atoms with van der Waals surface area (Å²) in [4.78, 5) is 38.9. The molecule has 0 spiro atoms. The third-order valence-electron chi connectivity index (χ3n) is 5.06. The molecular weight excluding hydrogens is 454 g/mol. The summed E-state index contributed by atoms with van der Waals surface area (Å²) < 4.78 is 12.0. The molecule has 4 aromatic rings. The fourth-order valence-corrected chi connectivity index (χ4v) is 4.26. The molecule has 8 nitrogen and oxygen atoms in total. The lowest BCUT2D eigenvalue weighted by atomic mass is 10.2. The fourth-order valence-electron chi connectivity index (χ4n) is 3.32. The Bertz CT molecular complexity index is 1390. The first kappa shape index (κ1) is 23.2. The normalized spacial score (nSPS) is 11.7. The van der Waals surface area contributed by atoms with Gasteiger partial charge in [0.2, 0.25) is 0 Å². The Morgan fingerprint density at radius 1 is 1.12 bits per heavy atom. The van der Waals surface area contributed by atoms with Crippen LogP contribution in [0.5, 0.6) is 5.75 Å². The first-order valence-corrected chi connectivity index (χ1v) is 11.6. The molecule has 1 atom stereocenters. The van der Waals surface area contributed by atoms with E-state index in [1.807, 2.05) is 37.3 Å². The third-order valence-corrected chi connectivity index (χ3v) is 5.96. The number of nitrogens with one attached hydrogen (secondary N) is 1. The molecule has 0 unspecified atom stereocenters. The number of aromatic nitrogens is 2. The van der Waals surface area contributed by atoms with Crippen LogP contribution in [0.3, 0.4) is 0 Å². The van der Waals surface area contributed by atoms with Gasteiger partial charge in [0, 0.05) is 10.8 Å². The molecule has 0 fully saturated rings. The minimum absolute atomic E-state index is 0.00218. The molecule has 34 heavy (non-hydrogen) atoms. The molecule has 0 aliphatic rings. The van der Waals surface area contributed by atoms with Gasteiger partial charge in [-0.25, -0.2) is 4.79 Å². The molecule has 0 bridgehead atoms. The highest BCUT2D eigenvalue weighted by Gasteiger charge is 2.24. The lowest BCUT2D eigenvalue weighted by molar-refractivity contribution is -0.122. The summed E-state index contributed by atoms with van der Waals surface area (Å²) in [7, 11) is 0. The maximum atomic E-state index is 13.4. The van der Waals surface area contributed by atoms with E-state index in [4.69, 9.17) is 9.47 Å². The topological polar surface area (TPSA) is 99.5 Å². The molecule has 0 saturated carbocycles. The average Bonchev–Trinajstić information content (AvgIpc) is 3.25. The standard InChI is InChI=1S/C25H23N3O5S/c1-4-32-25(31)21-19-14-34-23(26-22(29)16(3)33-18-8-6-5-7-9-18)20(19)24(30)28(27-21)17-12-10-15(2)11-13-17/h5-14,16H,4H2,1-3H3,(H,26,29)/t16-/m0/s1. The summed E-state index contributed by atoms with van der Waals surface area (Å²) in [6, 6.07) is 16.1. The van der Waals surface area contributed by atoms with Crippen molar-refractivity contribution < 1.29 is 19.1 Å². The molecule has 0 aliphatic carbocycles. The highest BCUT2D eigenvalue weighted by molar-refractivity contribution is 7.16. The molecule has 0 radical (unpaired) electrons. The largest absolute Gasteiger partial charge is 0.481 e. The van der Waals surface area contributed by atoms with Crippen LogP contribution < -0.4 is 15.6 Å². The smallest absolute Gasteiger partial charge is 0.359 e. The fraction of sp³-hybridized carbons (Fsp3) is 0.200. The Balaban J connectivity index is 1.76. The zero-order valence-corrected chi connectivity index (χ0v) is 19.7. The second-order valence-corrected chi connectivity index (χ2v) is 8.42. The van der Waals surface area contributed by atoms with Crippen LogP contribution in [0.2, 0.25) is 0 Å². The van der Waals surface area contributed by atoms with Crippen LogP contribution in [0.25, 0.3) is 16.5 Å². The number of nitrogens with zero attached hydrogens (tertiary/aromatic N) is 2. The van der Waals surface area contributed by atoms with Crippen LogP contribution in [-0.4, -0.2) is 34.4 Å². The van der Waals surface area contributed by atoms with Gasteiger partial charge >= 0.3 is 5.97 Å². The van der Waals surface area contributed by atoms with E-state index < -0.39 is 23.5 Å². The lowest BCUT2D eigenvalue weighted by Gasteiger charge is -2.14. The van der Waals surface area contributed by atoms with Gasteiger partial charge in [-0.2, -0.15) is 9.78 Å². The maximum Gasteiger partial charge on any atom is 0.359 e. The third kappa shape index (κ3) is 4.69. The number of amides is 1. The van der Waals surface area contributed by atoms with E-state index in [1.54, 1.807) is 43.5 Å². The van der Waals surface area contributed by atoms with Gasteiger partial charge in [0.1, 0.15) is 10.8 Å². The Morgan fingerprint density at radius 2 is 1.82 bits per heavy atom. The van der Waals surface area contributed by atoms with Crippen molar-refractivity contribution in [1.82, 2.24) is 9.78 Å². The molecule has 2 aromatic carbocycles. The second-order valence-electron chi connectivity index (χ2n) is 7.54. The van der Waals surface area contributed by atoms with Crippen molar-refractivity contribution in [1.29, 1.82) is 0 Å². The quantitative estimate of drug-likeness (QED) is 0.398. The molecule has 0 saturated heterocycles. The number of esters is 1. The Labute approximate surface area is 199 Å². The minimum Gasteiger partial charge on any atom is -0.481 e. The number of hydrogen-bond donors (Lipinski definition) is 1. The van der Waals surface area contributed by atoms with Crippen molar-refractivity contribution in [3.05, 3.63) is 81.6 Å². The first-order valence-electron chi connectivity index (χ1n) is 10.7. The SMILES string of the molecule is CCOC(=O)c1nn(-c2ccc(C)cc2)c(=O)c2c(NC(=O)[C@H](C)Oc3ccccc3)scc12. The van der Waals surface area contributed by atoms with Crippen molar-refractivity contribution in [3.8, 4) is 11.4 Å². The number of para-hydroxylation sites is 1. The molecular formula is C25H23N3O5S. The Kier molecular flexibility index (Phi) is 6.74. The van der Waals surface area contributed by atoms with Crippen molar-refractivity contribution in [2.45, 2.75) is 26.9 Å². The number of carbonyl (C=O) groups excluding carboxylic acids is 2. The summed E-state index contributed by atoms with van der Waals surface area (Å²) >= 11 is 1.14. The number of thiophene rings is 1. The number of ether oxygens (including phenoxy) is 2. The first-order chi connectivity index (χ1) is 16.4. The zero-order chi connectivity index (χ0) is 24.2. The van der Waals surface area contributed by atoms with Gasteiger partial charge in [0.15, 0.2) is 11.8 Å². The van der Waals surface area contributed by atoms with Crippen LogP contribution in [-0.2, 0) is 9.53 Å². The van der Waals surface area contributed by atoms with Crippen LogP contribution in [0.15, 0.2) is 64.8 Å². The van der Waals surface area contributed by atoms with Gasteiger partial charge in [-0.15, -0.1) is 11.3 Å². The van der Waals surface area contributed by atoms with Gasteiger partial charge in [-0.3, -0.25) is 9.59 Å². The van der Waals surface area contributed by atoms with Crippen molar-refractivity contribution in [2.75, 3.05) is 11.9 Å². The number of anilines is 1. The number of aryl methyl sites for hydroxylation is 1. The summed E-state index contributed by atoms with van der Waals surface area (Å²) in [6.07, 6.45) is -0.815.